The number of amides is 3. The summed E-state index contributed by atoms with van der Waals surface area (Å²) >= 11 is 0. The Labute approximate surface area is 188 Å². The van der Waals surface area contributed by atoms with Crippen LogP contribution in [0.5, 0.6) is 0 Å². The summed E-state index contributed by atoms with van der Waals surface area (Å²) < 4.78 is 27.1. The number of carbonyl (C=O) groups is 3. The largest absolute Gasteiger partial charge is 0.340 e. The van der Waals surface area contributed by atoms with Gasteiger partial charge in [-0.3, -0.25) is 14.4 Å². The molecule has 3 rings (SSSR count). The van der Waals surface area contributed by atoms with Gasteiger partial charge in [-0.1, -0.05) is 38.1 Å². The third-order valence-corrected chi connectivity index (χ3v) is 6.39. The van der Waals surface area contributed by atoms with Crippen molar-refractivity contribution in [2.75, 3.05) is 19.6 Å². The molecule has 0 aliphatic carbocycles. The lowest BCUT2D eigenvalue weighted by molar-refractivity contribution is -0.167. The molecule has 2 saturated heterocycles. The average Bonchev–Trinajstić information content (AvgIpc) is 3.13. The van der Waals surface area contributed by atoms with Crippen molar-refractivity contribution in [3.05, 3.63) is 35.4 Å². The number of likely N-dealkylation sites (tertiary alicyclic amines) is 1. The maximum atomic E-state index is 13.6. The van der Waals surface area contributed by atoms with E-state index in [1.54, 1.807) is 26.8 Å². The minimum atomic E-state index is -2.95. The normalized spacial score (nSPS) is 22.1. The predicted octanol–water partition coefficient (Wildman–Crippen LogP) is 3.39. The van der Waals surface area contributed by atoms with Crippen LogP contribution < -0.4 is 0 Å². The Morgan fingerprint density at radius 2 is 1.75 bits per heavy atom. The van der Waals surface area contributed by atoms with Gasteiger partial charge in [0, 0.05) is 38.0 Å². The van der Waals surface area contributed by atoms with E-state index in [0.29, 0.717) is 24.9 Å². The Hall–Kier alpha value is -2.51. The van der Waals surface area contributed by atoms with Gasteiger partial charge in [0.05, 0.1) is 6.54 Å². The molecule has 1 atom stereocenters. The van der Waals surface area contributed by atoms with Gasteiger partial charge in [-0.05, 0) is 31.7 Å². The van der Waals surface area contributed by atoms with Crippen LogP contribution in [-0.4, -0.2) is 63.6 Å². The predicted molar refractivity (Wildman–Crippen MR) is 117 cm³/mol. The topological polar surface area (TPSA) is 60.9 Å². The summed E-state index contributed by atoms with van der Waals surface area (Å²) in [6, 6.07) is 5.71. The minimum absolute atomic E-state index is 0.0201. The van der Waals surface area contributed by atoms with E-state index in [-0.39, 0.29) is 54.9 Å². The molecule has 1 aromatic rings. The van der Waals surface area contributed by atoms with Gasteiger partial charge < -0.3 is 14.7 Å². The van der Waals surface area contributed by atoms with Gasteiger partial charge in [0.1, 0.15) is 12.1 Å². The second-order valence-electron chi connectivity index (χ2n) is 9.79. The summed E-state index contributed by atoms with van der Waals surface area (Å²) in [6.07, 6.45) is 0.758. The zero-order valence-electron chi connectivity index (χ0n) is 19.5. The van der Waals surface area contributed by atoms with E-state index in [2.05, 4.69) is 0 Å². The molecule has 176 valence electrons. The molecule has 6 nitrogen and oxygen atoms in total. The van der Waals surface area contributed by atoms with Crippen LogP contribution in [0.3, 0.4) is 0 Å². The second kappa shape index (κ2) is 8.79. The van der Waals surface area contributed by atoms with Crippen LogP contribution in [0.2, 0.25) is 0 Å². The Balaban J connectivity index is 1.91. The van der Waals surface area contributed by atoms with E-state index in [4.69, 9.17) is 0 Å². The molecule has 0 radical (unpaired) electrons. The number of halogens is 2. The quantitative estimate of drug-likeness (QED) is 0.669. The maximum absolute atomic E-state index is 13.6. The molecule has 8 heteroatoms. The van der Waals surface area contributed by atoms with E-state index in [1.165, 1.54) is 12.1 Å². The van der Waals surface area contributed by atoms with E-state index in [9.17, 15) is 23.2 Å². The van der Waals surface area contributed by atoms with Gasteiger partial charge in [0.2, 0.25) is 11.8 Å². The molecule has 2 aliphatic rings. The minimum Gasteiger partial charge on any atom is -0.340 e. The van der Waals surface area contributed by atoms with Crippen molar-refractivity contribution in [2.45, 2.75) is 71.5 Å². The van der Waals surface area contributed by atoms with Gasteiger partial charge in [-0.2, -0.15) is 0 Å². The average molecular weight is 450 g/mol. The number of hydrogen-bond donors (Lipinski definition) is 0. The van der Waals surface area contributed by atoms with E-state index < -0.39 is 11.5 Å². The first-order chi connectivity index (χ1) is 14.8. The number of rotatable bonds is 6. The molecule has 3 amide bonds. The number of carbonyl (C=O) groups excluding carboxylic acids is 3. The summed E-state index contributed by atoms with van der Waals surface area (Å²) in [5.41, 5.74) is -0.558. The number of benzene rings is 1. The van der Waals surface area contributed by atoms with E-state index in [1.807, 2.05) is 27.7 Å². The molecule has 1 spiro atoms. The third kappa shape index (κ3) is 4.64. The first-order valence-corrected chi connectivity index (χ1v) is 11.2. The lowest BCUT2D eigenvalue weighted by atomic mass is 9.89. The van der Waals surface area contributed by atoms with Crippen molar-refractivity contribution in [1.29, 1.82) is 0 Å². The molecule has 2 fully saturated rings. The molecule has 1 unspecified atom stereocenters. The molecular formula is C24H33F2N3O3. The van der Waals surface area contributed by atoms with Crippen molar-refractivity contribution in [2.24, 2.45) is 5.92 Å². The molecule has 0 saturated carbocycles. The van der Waals surface area contributed by atoms with Crippen molar-refractivity contribution >= 4 is 17.7 Å². The zero-order chi connectivity index (χ0) is 23.8. The van der Waals surface area contributed by atoms with Crippen molar-refractivity contribution in [3.63, 3.8) is 0 Å². The fraction of sp³-hybridized carbons (Fsp3) is 0.625. The molecular weight excluding hydrogens is 416 g/mol. The first-order valence-electron chi connectivity index (χ1n) is 11.2. The highest BCUT2D eigenvalue weighted by Gasteiger charge is 2.56. The standard InChI is InChI=1S/C24H33F2N3O3/c1-16(2)12-20(30)27-11-10-24(15-27)22(32)28(17(3)4)14-21(31)29(24)13-18-6-8-19(9-7-18)23(5,25)26/h6-9,16-17H,10-15H2,1-5H3. The SMILES string of the molecule is CC(C)CC(=O)N1CCC2(C1)C(=O)N(C(C)C)CC(=O)N2Cc1ccc(C(C)(F)F)cc1. The Morgan fingerprint density at radius 3 is 2.28 bits per heavy atom. The van der Waals surface area contributed by atoms with Gasteiger partial charge >= 0.3 is 0 Å². The van der Waals surface area contributed by atoms with Crippen LogP contribution in [0.15, 0.2) is 24.3 Å². The molecule has 0 bridgehead atoms. The number of nitrogens with zero attached hydrogens (tertiary/aromatic N) is 3. The van der Waals surface area contributed by atoms with Crippen LogP contribution in [0.1, 0.15) is 58.6 Å². The van der Waals surface area contributed by atoms with E-state index >= 15 is 0 Å². The molecule has 1 aromatic carbocycles. The summed E-state index contributed by atoms with van der Waals surface area (Å²) in [4.78, 5) is 44.4. The molecule has 0 N–H and O–H groups in total. The first kappa shape index (κ1) is 24.1. The highest BCUT2D eigenvalue weighted by Crippen LogP contribution is 2.36. The third-order valence-electron chi connectivity index (χ3n) is 6.39. The smallest absolute Gasteiger partial charge is 0.270 e. The number of piperazine rings is 1. The Bertz CT molecular complexity index is 879. The van der Waals surface area contributed by atoms with Crippen molar-refractivity contribution < 1.29 is 23.2 Å². The lowest BCUT2D eigenvalue weighted by Gasteiger charge is -2.48. The molecule has 0 aromatic heterocycles. The van der Waals surface area contributed by atoms with Crippen molar-refractivity contribution in [1.82, 2.24) is 14.7 Å². The van der Waals surface area contributed by atoms with Crippen molar-refractivity contribution in [3.8, 4) is 0 Å². The Morgan fingerprint density at radius 1 is 1.12 bits per heavy atom. The maximum Gasteiger partial charge on any atom is 0.270 e. The summed E-state index contributed by atoms with van der Waals surface area (Å²) in [6.45, 7) is 9.20. The number of hydrogen-bond acceptors (Lipinski definition) is 3. The van der Waals surface area contributed by atoms with Crippen LogP contribution in [0, 0.1) is 5.92 Å². The molecule has 2 aliphatic heterocycles. The van der Waals surface area contributed by atoms with Crippen LogP contribution in [0.25, 0.3) is 0 Å². The molecule has 32 heavy (non-hydrogen) atoms. The highest BCUT2D eigenvalue weighted by molar-refractivity contribution is 5.99. The highest BCUT2D eigenvalue weighted by atomic mass is 19.3. The summed E-state index contributed by atoms with van der Waals surface area (Å²) in [5.74, 6) is -3.11. The van der Waals surface area contributed by atoms with Gasteiger partial charge in [-0.15, -0.1) is 0 Å². The molecule has 2 heterocycles. The van der Waals surface area contributed by atoms with Gasteiger partial charge in [0.25, 0.3) is 11.8 Å². The van der Waals surface area contributed by atoms with E-state index in [0.717, 1.165) is 6.92 Å². The lowest BCUT2D eigenvalue weighted by Crippen LogP contribution is -2.69. The second-order valence-corrected chi connectivity index (χ2v) is 9.79. The van der Waals surface area contributed by atoms with Gasteiger partial charge in [0.15, 0.2) is 0 Å². The fourth-order valence-corrected chi connectivity index (χ4v) is 4.55. The van der Waals surface area contributed by atoms with Crippen LogP contribution in [-0.2, 0) is 26.9 Å². The Kier molecular flexibility index (Phi) is 6.63. The monoisotopic (exact) mass is 449 g/mol. The summed E-state index contributed by atoms with van der Waals surface area (Å²) in [7, 11) is 0. The van der Waals surface area contributed by atoms with Crippen LogP contribution in [0.4, 0.5) is 8.78 Å². The number of alkyl halides is 2. The fourth-order valence-electron chi connectivity index (χ4n) is 4.55. The zero-order valence-corrected chi connectivity index (χ0v) is 19.5. The van der Waals surface area contributed by atoms with Crippen LogP contribution >= 0.6 is 0 Å². The van der Waals surface area contributed by atoms with Gasteiger partial charge in [-0.25, -0.2) is 8.78 Å². The summed E-state index contributed by atoms with van der Waals surface area (Å²) in [5, 5.41) is 0.